The molecule has 0 unspecified atom stereocenters. The fourth-order valence-electron chi connectivity index (χ4n) is 4.69. The average Bonchev–Trinajstić information content (AvgIpc) is 3.41. The third kappa shape index (κ3) is 4.66. The molecule has 0 radical (unpaired) electrons. The zero-order chi connectivity index (χ0) is 20.2. The van der Waals surface area contributed by atoms with Gasteiger partial charge in [0.15, 0.2) is 11.5 Å². The molecule has 2 heterocycles. The predicted octanol–water partition coefficient (Wildman–Crippen LogP) is 2.10. The molecule has 29 heavy (non-hydrogen) atoms. The molecule has 1 aliphatic carbocycles. The summed E-state index contributed by atoms with van der Waals surface area (Å²) in [5.41, 5.74) is 0.463. The van der Waals surface area contributed by atoms with Crippen LogP contribution in [0, 0.1) is 0 Å². The summed E-state index contributed by atoms with van der Waals surface area (Å²) in [7, 11) is 1.58. The molecule has 158 valence electrons. The van der Waals surface area contributed by atoms with E-state index in [9.17, 15) is 9.59 Å². The quantitative estimate of drug-likeness (QED) is 0.763. The highest BCUT2D eigenvalue weighted by molar-refractivity contribution is 5.98. The monoisotopic (exact) mass is 401 g/mol. The van der Waals surface area contributed by atoms with E-state index >= 15 is 0 Å². The molecule has 0 spiro atoms. The van der Waals surface area contributed by atoms with Crippen LogP contribution in [0.1, 0.15) is 55.3 Å². The van der Waals surface area contributed by atoms with Gasteiger partial charge >= 0.3 is 0 Å². The van der Waals surface area contributed by atoms with Crippen LogP contribution in [-0.4, -0.2) is 61.6 Å². The molecule has 0 bridgehead atoms. The predicted molar refractivity (Wildman–Crippen MR) is 109 cm³/mol. The number of carbonyl (C=O) groups excluding carboxylic acids is 2. The van der Waals surface area contributed by atoms with E-state index in [2.05, 4.69) is 15.5 Å². The van der Waals surface area contributed by atoms with Crippen molar-refractivity contribution in [2.24, 2.45) is 0 Å². The summed E-state index contributed by atoms with van der Waals surface area (Å²) in [5, 5.41) is 5.50. The lowest BCUT2D eigenvalue weighted by atomic mass is 10.0. The lowest BCUT2D eigenvalue weighted by Gasteiger charge is -2.36. The van der Waals surface area contributed by atoms with Gasteiger partial charge in [-0.15, -0.1) is 0 Å². The van der Waals surface area contributed by atoms with Crippen molar-refractivity contribution in [2.75, 3.05) is 26.7 Å². The SMILES string of the molecule is COc1cc(C(=O)N[C@H]2CCNC2=O)ccc1OC1CCN(C2CCCC2)CC1. The van der Waals surface area contributed by atoms with Crippen LogP contribution in [-0.2, 0) is 4.79 Å². The van der Waals surface area contributed by atoms with Gasteiger partial charge in [0.25, 0.3) is 5.91 Å². The smallest absolute Gasteiger partial charge is 0.252 e. The molecular weight excluding hydrogens is 370 g/mol. The molecule has 4 rings (SSSR count). The minimum Gasteiger partial charge on any atom is -0.493 e. The molecule has 3 aliphatic rings. The topological polar surface area (TPSA) is 79.9 Å². The summed E-state index contributed by atoms with van der Waals surface area (Å²) in [6.45, 7) is 2.77. The lowest BCUT2D eigenvalue weighted by Crippen LogP contribution is -2.43. The molecule has 2 aliphatic heterocycles. The molecule has 0 aromatic heterocycles. The van der Waals surface area contributed by atoms with Crippen LogP contribution in [0.3, 0.4) is 0 Å². The van der Waals surface area contributed by atoms with Crippen LogP contribution < -0.4 is 20.1 Å². The summed E-state index contributed by atoms with van der Waals surface area (Å²) in [4.78, 5) is 26.8. The first-order valence-electron chi connectivity index (χ1n) is 10.8. The van der Waals surface area contributed by atoms with Gasteiger partial charge in [-0.2, -0.15) is 0 Å². The number of piperidine rings is 1. The zero-order valence-corrected chi connectivity index (χ0v) is 17.1. The van der Waals surface area contributed by atoms with Gasteiger partial charge in [-0.05, 0) is 50.3 Å². The van der Waals surface area contributed by atoms with E-state index in [4.69, 9.17) is 9.47 Å². The number of carbonyl (C=O) groups is 2. The number of amides is 2. The van der Waals surface area contributed by atoms with Crippen molar-refractivity contribution in [3.05, 3.63) is 23.8 Å². The second kappa shape index (κ2) is 9.03. The van der Waals surface area contributed by atoms with Crippen LogP contribution in [0.15, 0.2) is 18.2 Å². The highest BCUT2D eigenvalue weighted by Gasteiger charge is 2.29. The van der Waals surface area contributed by atoms with Crippen LogP contribution >= 0.6 is 0 Å². The lowest BCUT2D eigenvalue weighted by molar-refractivity contribution is -0.120. The van der Waals surface area contributed by atoms with Crippen molar-refractivity contribution >= 4 is 11.8 Å². The third-order valence-corrected chi connectivity index (χ3v) is 6.39. The normalized spacial score (nSPS) is 23.8. The Balaban J connectivity index is 1.34. The summed E-state index contributed by atoms with van der Waals surface area (Å²) in [6.07, 6.45) is 8.22. The Morgan fingerprint density at radius 2 is 1.86 bits per heavy atom. The number of nitrogens with one attached hydrogen (secondary N) is 2. The Morgan fingerprint density at radius 1 is 1.10 bits per heavy atom. The molecule has 1 aromatic rings. The fraction of sp³-hybridized carbons (Fsp3) is 0.636. The molecular formula is C22H31N3O4. The first-order valence-corrected chi connectivity index (χ1v) is 10.8. The van der Waals surface area contributed by atoms with E-state index in [0.29, 0.717) is 30.0 Å². The number of nitrogens with zero attached hydrogens (tertiary/aromatic N) is 1. The van der Waals surface area contributed by atoms with Crippen LogP contribution in [0.5, 0.6) is 11.5 Å². The van der Waals surface area contributed by atoms with Gasteiger partial charge in [0.05, 0.1) is 7.11 Å². The van der Waals surface area contributed by atoms with Crippen LogP contribution in [0.2, 0.25) is 0 Å². The number of benzene rings is 1. The number of rotatable bonds is 6. The number of hydrogen-bond donors (Lipinski definition) is 2. The summed E-state index contributed by atoms with van der Waals surface area (Å²) < 4.78 is 11.7. The molecule has 7 nitrogen and oxygen atoms in total. The second-order valence-corrected chi connectivity index (χ2v) is 8.26. The van der Waals surface area contributed by atoms with Crippen molar-refractivity contribution in [3.63, 3.8) is 0 Å². The molecule has 3 fully saturated rings. The first-order chi connectivity index (χ1) is 14.1. The van der Waals surface area contributed by atoms with E-state index in [1.54, 1.807) is 25.3 Å². The maximum atomic E-state index is 12.5. The highest BCUT2D eigenvalue weighted by atomic mass is 16.5. The molecule has 1 aromatic carbocycles. The molecule has 1 atom stereocenters. The van der Waals surface area contributed by atoms with Gasteiger partial charge in [0.1, 0.15) is 12.1 Å². The Kier molecular flexibility index (Phi) is 6.23. The van der Waals surface area contributed by atoms with Gasteiger partial charge in [-0.25, -0.2) is 0 Å². The minimum absolute atomic E-state index is 0.130. The standard InChI is InChI=1S/C22H31N3O4/c1-28-20-14-15(21(26)24-18-8-11-23-22(18)27)6-7-19(20)29-17-9-12-25(13-10-17)16-4-2-3-5-16/h6-7,14,16-18H,2-5,8-13H2,1H3,(H,23,27)(H,24,26)/t18-/m0/s1. The Bertz CT molecular complexity index is 740. The van der Waals surface area contributed by atoms with Crippen molar-refractivity contribution < 1.29 is 19.1 Å². The van der Waals surface area contributed by atoms with Crippen molar-refractivity contribution in [2.45, 2.75) is 63.1 Å². The first kappa shape index (κ1) is 20.0. The largest absolute Gasteiger partial charge is 0.493 e. The van der Waals surface area contributed by atoms with Gasteiger partial charge < -0.3 is 25.0 Å². The number of methoxy groups -OCH3 is 1. The third-order valence-electron chi connectivity index (χ3n) is 6.39. The van der Waals surface area contributed by atoms with E-state index in [0.717, 1.165) is 32.0 Å². The van der Waals surface area contributed by atoms with Crippen molar-refractivity contribution in [1.29, 1.82) is 0 Å². The fourth-order valence-corrected chi connectivity index (χ4v) is 4.69. The Morgan fingerprint density at radius 3 is 2.52 bits per heavy atom. The molecule has 7 heteroatoms. The summed E-state index contributed by atoms with van der Waals surface area (Å²) >= 11 is 0. The van der Waals surface area contributed by atoms with Gasteiger partial charge in [-0.3, -0.25) is 9.59 Å². The molecule has 2 N–H and O–H groups in total. The van der Waals surface area contributed by atoms with E-state index in [1.165, 1.54) is 25.7 Å². The van der Waals surface area contributed by atoms with Crippen LogP contribution in [0.25, 0.3) is 0 Å². The minimum atomic E-state index is -0.463. The molecule has 2 saturated heterocycles. The van der Waals surface area contributed by atoms with E-state index in [1.807, 2.05) is 0 Å². The Hall–Kier alpha value is -2.28. The van der Waals surface area contributed by atoms with Crippen molar-refractivity contribution in [1.82, 2.24) is 15.5 Å². The maximum Gasteiger partial charge on any atom is 0.252 e. The number of ether oxygens (including phenoxy) is 2. The van der Waals surface area contributed by atoms with Crippen molar-refractivity contribution in [3.8, 4) is 11.5 Å². The number of hydrogen-bond acceptors (Lipinski definition) is 5. The maximum absolute atomic E-state index is 12.5. The van der Waals surface area contributed by atoms with Gasteiger partial charge in [0, 0.05) is 31.2 Å². The van der Waals surface area contributed by atoms with E-state index in [-0.39, 0.29) is 17.9 Å². The van der Waals surface area contributed by atoms with Gasteiger partial charge in [-0.1, -0.05) is 12.8 Å². The number of likely N-dealkylation sites (tertiary alicyclic amines) is 1. The van der Waals surface area contributed by atoms with Gasteiger partial charge in [0.2, 0.25) is 5.91 Å². The summed E-state index contributed by atoms with van der Waals surface area (Å²) in [5.74, 6) is 0.810. The molecule has 2 amide bonds. The Labute approximate surface area is 172 Å². The summed E-state index contributed by atoms with van der Waals surface area (Å²) in [6, 6.07) is 5.52. The second-order valence-electron chi connectivity index (χ2n) is 8.26. The highest BCUT2D eigenvalue weighted by Crippen LogP contribution is 2.32. The zero-order valence-electron chi connectivity index (χ0n) is 17.1. The van der Waals surface area contributed by atoms with Crippen LogP contribution in [0.4, 0.5) is 0 Å². The molecule has 1 saturated carbocycles. The average molecular weight is 402 g/mol. The van der Waals surface area contributed by atoms with E-state index < -0.39 is 6.04 Å².